The molecule has 1 unspecified atom stereocenters. The number of aliphatic hydroxyl groups excluding tert-OH is 1. The first-order valence-corrected chi connectivity index (χ1v) is 11.2. The molecule has 0 bridgehead atoms. The second-order valence-corrected chi connectivity index (χ2v) is 9.53. The molecule has 30 heavy (non-hydrogen) atoms. The standard InChI is InChI=1S/C21H30N6O2S/c1-14-4-5-17(10-22-14)12-27-13-21(25-20(27)29)6-8-26(9-7-21)15(2)18-11-23-19(30-18)24-16(3)28/h4-5,10-11,15,20,25,29H,6-9,12-13H2,1-3H3,(H,23,24,28)/t15-,20?/m0/s1. The van der Waals surface area contributed by atoms with Gasteiger partial charge in [0, 0.05) is 67.6 Å². The second kappa shape index (κ2) is 8.68. The molecule has 4 heterocycles. The Morgan fingerprint density at radius 3 is 2.80 bits per heavy atom. The lowest BCUT2D eigenvalue weighted by atomic mass is 9.87. The molecular formula is C21H30N6O2S. The minimum absolute atomic E-state index is 0.0528. The number of likely N-dealkylation sites (tertiary alicyclic amines) is 1. The van der Waals surface area contributed by atoms with Gasteiger partial charge in [0.05, 0.1) is 0 Å². The first kappa shape index (κ1) is 21.3. The largest absolute Gasteiger partial charge is 0.365 e. The Hall–Kier alpha value is -1.91. The van der Waals surface area contributed by atoms with Gasteiger partial charge in [-0.2, -0.15) is 0 Å². The van der Waals surface area contributed by atoms with Crippen molar-refractivity contribution in [2.24, 2.45) is 0 Å². The van der Waals surface area contributed by atoms with Crippen LogP contribution in [0.4, 0.5) is 5.13 Å². The highest BCUT2D eigenvalue weighted by Gasteiger charge is 2.45. The first-order chi connectivity index (χ1) is 14.3. The van der Waals surface area contributed by atoms with Crippen LogP contribution in [0.25, 0.3) is 0 Å². The molecule has 0 saturated carbocycles. The van der Waals surface area contributed by atoms with Gasteiger partial charge in [-0.25, -0.2) is 4.98 Å². The molecule has 2 aromatic heterocycles. The van der Waals surface area contributed by atoms with Gasteiger partial charge in [-0.1, -0.05) is 6.07 Å². The summed E-state index contributed by atoms with van der Waals surface area (Å²) in [5.74, 6) is -0.0969. The highest BCUT2D eigenvalue weighted by Crippen LogP contribution is 2.35. The van der Waals surface area contributed by atoms with Crippen molar-refractivity contribution in [3.63, 3.8) is 0 Å². The summed E-state index contributed by atoms with van der Waals surface area (Å²) >= 11 is 1.54. The minimum Gasteiger partial charge on any atom is -0.365 e. The van der Waals surface area contributed by atoms with E-state index in [-0.39, 0.29) is 17.5 Å². The number of aryl methyl sites for hydroxylation is 1. The lowest BCUT2D eigenvalue weighted by Crippen LogP contribution is -2.53. The molecule has 2 fully saturated rings. The molecule has 4 rings (SSSR count). The van der Waals surface area contributed by atoms with E-state index in [2.05, 4.69) is 43.4 Å². The Balaban J connectivity index is 1.33. The average Bonchev–Trinajstić information content (AvgIpc) is 3.28. The predicted molar refractivity (Wildman–Crippen MR) is 117 cm³/mol. The molecule has 2 aromatic rings. The summed E-state index contributed by atoms with van der Waals surface area (Å²) in [5, 5.41) is 17.5. The highest BCUT2D eigenvalue weighted by molar-refractivity contribution is 7.15. The van der Waals surface area contributed by atoms with Crippen molar-refractivity contribution < 1.29 is 9.90 Å². The van der Waals surface area contributed by atoms with Crippen LogP contribution >= 0.6 is 11.3 Å². The zero-order valence-electron chi connectivity index (χ0n) is 17.8. The van der Waals surface area contributed by atoms with Gasteiger partial charge < -0.3 is 10.4 Å². The maximum atomic E-state index is 11.2. The molecule has 8 nitrogen and oxygen atoms in total. The summed E-state index contributed by atoms with van der Waals surface area (Å²) < 4.78 is 0. The molecule has 3 N–H and O–H groups in total. The van der Waals surface area contributed by atoms with E-state index < -0.39 is 6.35 Å². The van der Waals surface area contributed by atoms with Gasteiger partial charge in [-0.3, -0.25) is 24.9 Å². The molecule has 0 radical (unpaired) electrons. The Morgan fingerprint density at radius 2 is 2.13 bits per heavy atom. The van der Waals surface area contributed by atoms with E-state index in [4.69, 9.17) is 0 Å². The zero-order chi connectivity index (χ0) is 21.3. The van der Waals surface area contributed by atoms with Crippen LogP contribution in [0.1, 0.15) is 48.9 Å². The predicted octanol–water partition coefficient (Wildman–Crippen LogP) is 2.08. The van der Waals surface area contributed by atoms with E-state index in [1.807, 2.05) is 25.4 Å². The summed E-state index contributed by atoms with van der Waals surface area (Å²) in [6.07, 6.45) is 5.08. The van der Waals surface area contributed by atoms with E-state index in [9.17, 15) is 9.90 Å². The smallest absolute Gasteiger partial charge is 0.223 e. The maximum Gasteiger partial charge on any atom is 0.223 e. The molecule has 2 saturated heterocycles. The third-order valence-corrected chi connectivity index (χ3v) is 7.25. The fourth-order valence-corrected chi connectivity index (χ4v) is 5.31. The lowest BCUT2D eigenvalue weighted by molar-refractivity contribution is -0.114. The summed E-state index contributed by atoms with van der Waals surface area (Å²) in [6.45, 7) is 9.09. The summed E-state index contributed by atoms with van der Waals surface area (Å²) in [6, 6.07) is 4.34. The number of nitrogens with one attached hydrogen (secondary N) is 2. The Bertz CT molecular complexity index is 878. The lowest BCUT2D eigenvalue weighted by Gasteiger charge is -2.41. The van der Waals surface area contributed by atoms with Gasteiger partial charge in [0.2, 0.25) is 5.91 Å². The second-order valence-electron chi connectivity index (χ2n) is 8.47. The average molecular weight is 431 g/mol. The van der Waals surface area contributed by atoms with Crippen LogP contribution in [-0.4, -0.2) is 62.3 Å². The number of carbonyl (C=O) groups excluding carboxylic acids is 1. The van der Waals surface area contributed by atoms with Crippen LogP contribution in [-0.2, 0) is 11.3 Å². The number of aliphatic hydroxyl groups is 1. The summed E-state index contributed by atoms with van der Waals surface area (Å²) in [4.78, 5) is 25.6. The molecule has 2 atom stereocenters. The van der Waals surface area contributed by atoms with E-state index in [1.54, 1.807) is 0 Å². The number of aromatic nitrogens is 2. The molecule has 2 aliphatic rings. The molecule has 0 aliphatic carbocycles. The van der Waals surface area contributed by atoms with Crippen LogP contribution in [0.2, 0.25) is 0 Å². The van der Waals surface area contributed by atoms with Gasteiger partial charge in [0.1, 0.15) is 0 Å². The molecule has 1 amide bonds. The number of piperidine rings is 1. The van der Waals surface area contributed by atoms with Crippen LogP contribution in [0.3, 0.4) is 0 Å². The number of anilines is 1. The van der Waals surface area contributed by atoms with Crippen molar-refractivity contribution in [2.75, 3.05) is 25.0 Å². The van der Waals surface area contributed by atoms with Crippen molar-refractivity contribution in [1.29, 1.82) is 0 Å². The van der Waals surface area contributed by atoms with Crippen LogP contribution in [0.5, 0.6) is 0 Å². The van der Waals surface area contributed by atoms with Crippen molar-refractivity contribution in [3.05, 3.63) is 40.7 Å². The molecular weight excluding hydrogens is 400 g/mol. The molecule has 0 aromatic carbocycles. The number of amides is 1. The van der Waals surface area contributed by atoms with Gasteiger partial charge in [0.15, 0.2) is 11.5 Å². The summed E-state index contributed by atoms with van der Waals surface area (Å²) in [5.41, 5.74) is 2.06. The van der Waals surface area contributed by atoms with Crippen LogP contribution < -0.4 is 10.6 Å². The highest BCUT2D eigenvalue weighted by atomic mass is 32.1. The van der Waals surface area contributed by atoms with E-state index in [0.29, 0.717) is 11.7 Å². The normalized spacial score (nSPS) is 23.0. The third-order valence-electron chi connectivity index (χ3n) is 6.17. The Morgan fingerprint density at radius 1 is 1.37 bits per heavy atom. The number of nitrogens with zero attached hydrogens (tertiary/aromatic N) is 4. The minimum atomic E-state index is -0.628. The topological polar surface area (TPSA) is 93.6 Å². The number of thiazole rings is 1. The van der Waals surface area contributed by atoms with E-state index in [1.165, 1.54) is 18.3 Å². The van der Waals surface area contributed by atoms with Crippen molar-refractivity contribution >= 4 is 22.4 Å². The summed E-state index contributed by atoms with van der Waals surface area (Å²) in [7, 11) is 0. The fourth-order valence-electron chi connectivity index (χ4n) is 4.36. The van der Waals surface area contributed by atoms with Gasteiger partial charge in [-0.05, 0) is 38.3 Å². The molecule has 9 heteroatoms. The first-order valence-electron chi connectivity index (χ1n) is 10.4. The molecule has 1 spiro atoms. The third kappa shape index (κ3) is 4.70. The Labute approximate surface area is 181 Å². The number of carbonyl (C=O) groups is 1. The van der Waals surface area contributed by atoms with Gasteiger partial charge in [-0.15, -0.1) is 11.3 Å². The van der Waals surface area contributed by atoms with Crippen LogP contribution in [0.15, 0.2) is 24.5 Å². The van der Waals surface area contributed by atoms with Crippen molar-refractivity contribution in [2.45, 2.75) is 58.1 Å². The number of hydrogen-bond acceptors (Lipinski definition) is 8. The SMILES string of the molecule is CC(=O)Nc1ncc([C@H](C)N2CCC3(CC2)CN(Cc2ccc(C)nc2)C(O)N3)s1. The zero-order valence-corrected chi connectivity index (χ0v) is 18.6. The van der Waals surface area contributed by atoms with Gasteiger partial charge >= 0.3 is 0 Å². The quantitative estimate of drug-likeness (QED) is 0.669. The van der Waals surface area contributed by atoms with Crippen LogP contribution in [0, 0.1) is 6.92 Å². The van der Waals surface area contributed by atoms with E-state index >= 15 is 0 Å². The van der Waals surface area contributed by atoms with Crippen molar-refractivity contribution in [3.8, 4) is 0 Å². The molecule has 2 aliphatic heterocycles. The number of rotatable bonds is 5. The number of hydrogen-bond donors (Lipinski definition) is 3. The van der Waals surface area contributed by atoms with E-state index in [0.717, 1.165) is 48.6 Å². The monoisotopic (exact) mass is 430 g/mol. The molecule has 162 valence electrons. The number of pyridine rings is 1. The van der Waals surface area contributed by atoms with Crippen molar-refractivity contribution in [1.82, 2.24) is 25.1 Å². The maximum absolute atomic E-state index is 11.2. The fraction of sp³-hybridized carbons (Fsp3) is 0.571. The van der Waals surface area contributed by atoms with Gasteiger partial charge in [0.25, 0.3) is 0 Å². The Kier molecular flexibility index (Phi) is 6.17.